The molecule has 0 saturated carbocycles. The van der Waals surface area contributed by atoms with Gasteiger partial charge >= 0.3 is 5.63 Å². The minimum absolute atomic E-state index is 0.0883. The first kappa shape index (κ1) is 19.4. The molecule has 0 spiro atoms. The van der Waals surface area contributed by atoms with Crippen molar-refractivity contribution < 1.29 is 17.6 Å². The Morgan fingerprint density at radius 2 is 1.86 bits per heavy atom. The number of sulfonamides is 1. The quantitative estimate of drug-likeness (QED) is 0.664. The number of piperidine rings is 1. The van der Waals surface area contributed by atoms with Crippen LogP contribution in [-0.2, 0) is 10.0 Å². The number of nitrogens with zero attached hydrogens (tertiary/aromatic N) is 1. The minimum Gasteiger partial charge on any atom is -0.423 e. The highest BCUT2D eigenvalue weighted by atomic mass is 32.2. The predicted molar refractivity (Wildman–Crippen MR) is 108 cm³/mol. The molecule has 1 unspecified atom stereocenters. The number of hydrogen-bond acceptors (Lipinski definition) is 5. The van der Waals surface area contributed by atoms with E-state index in [9.17, 15) is 18.0 Å². The molecule has 0 aliphatic carbocycles. The molecule has 29 heavy (non-hydrogen) atoms. The van der Waals surface area contributed by atoms with Crippen LogP contribution in [0.3, 0.4) is 0 Å². The molecule has 7 nitrogen and oxygen atoms in total. The Bertz CT molecular complexity index is 1200. The van der Waals surface area contributed by atoms with Crippen LogP contribution < -0.4 is 10.3 Å². The summed E-state index contributed by atoms with van der Waals surface area (Å²) >= 11 is 0. The zero-order chi connectivity index (χ0) is 20.4. The molecule has 4 rings (SSSR count). The molecule has 0 radical (unpaired) electrons. The number of carbonyl (C=O) groups is 1. The van der Waals surface area contributed by atoms with E-state index in [4.69, 9.17) is 4.42 Å². The fraction of sp³-hybridized carbons (Fsp3) is 0.238. The lowest BCUT2D eigenvalue weighted by molar-refractivity contribution is 0.0703. The zero-order valence-corrected chi connectivity index (χ0v) is 16.4. The van der Waals surface area contributed by atoms with E-state index in [2.05, 4.69) is 4.72 Å². The largest absolute Gasteiger partial charge is 0.423 e. The average Bonchev–Trinajstić information content (AvgIpc) is 2.73. The monoisotopic (exact) mass is 412 g/mol. The second kappa shape index (κ2) is 7.81. The van der Waals surface area contributed by atoms with Gasteiger partial charge in [-0.15, -0.1) is 0 Å². The van der Waals surface area contributed by atoms with Crippen LogP contribution in [0.2, 0.25) is 0 Å². The number of likely N-dealkylation sites (tertiary alicyclic amines) is 1. The number of carbonyl (C=O) groups excluding carboxylic acids is 1. The van der Waals surface area contributed by atoms with E-state index in [1.165, 1.54) is 30.3 Å². The molecule has 8 heteroatoms. The van der Waals surface area contributed by atoms with E-state index in [-0.39, 0.29) is 16.8 Å². The van der Waals surface area contributed by atoms with Gasteiger partial charge in [-0.3, -0.25) is 4.79 Å². The van der Waals surface area contributed by atoms with Gasteiger partial charge in [-0.25, -0.2) is 17.9 Å². The van der Waals surface area contributed by atoms with Crippen molar-refractivity contribution >= 4 is 26.9 Å². The second-order valence-corrected chi connectivity index (χ2v) is 8.75. The summed E-state index contributed by atoms with van der Waals surface area (Å²) in [4.78, 5) is 25.7. The topological polar surface area (TPSA) is 96.7 Å². The van der Waals surface area contributed by atoms with Crippen LogP contribution in [0, 0.1) is 0 Å². The zero-order valence-electron chi connectivity index (χ0n) is 15.6. The molecule has 1 atom stereocenters. The second-order valence-electron chi connectivity index (χ2n) is 7.03. The maximum atomic E-state index is 12.9. The van der Waals surface area contributed by atoms with E-state index in [0.717, 1.165) is 0 Å². The first-order valence-electron chi connectivity index (χ1n) is 9.33. The Hall–Kier alpha value is -2.97. The van der Waals surface area contributed by atoms with Crippen LogP contribution in [0.15, 0.2) is 74.8 Å². The standard InChI is InChI=1S/C21H20N2O5S/c24-20-11-8-16-13-18(9-10-19(16)28-20)29(26,27)22-17-7-4-12-23(14-17)21(25)15-5-2-1-3-6-15/h1-3,5-6,8-11,13,17,22H,4,7,12,14H2. The maximum Gasteiger partial charge on any atom is 0.336 e. The highest BCUT2D eigenvalue weighted by molar-refractivity contribution is 7.89. The molecular formula is C21H20N2O5S. The van der Waals surface area contributed by atoms with Crippen molar-refractivity contribution in [1.82, 2.24) is 9.62 Å². The van der Waals surface area contributed by atoms with Crippen LogP contribution in [0.4, 0.5) is 0 Å². The first-order valence-corrected chi connectivity index (χ1v) is 10.8. The normalized spacial score (nSPS) is 17.4. The van der Waals surface area contributed by atoms with Crippen molar-refractivity contribution in [3.8, 4) is 0 Å². The number of amides is 1. The third-order valence-electron chi connectivity index (χ3n) is 4.95. The van der Waals surface area contributed by atoms with Gasteiger partial charge in [0.15, 0.2) is 0 Å². The number of rotatable bonds is 4. The highest BCUT2D eigenvalue weighted by Crippen LogP contribution is 2.20. The van der Waals surface area contributed by atoms with Crippen molar-refractivity contribution in [2.24, 2.45) is 0 Å². The summed E-state index contributed by atoms with van der Waals surface area (Å²) in [6, 6.07) is 15.7. The molecule has 1 amide bonds. The molecule has 150 valence electrons. The summed E-state index contributed by atoms with van der Waals surface area (Å²) in [5.41, 5.74) is 0.428. The molecular weight excluding hydrogens is 392 g/mol. The van der Waals surface area contributed by atoms with Gasteiger partial charge in [0.05, 0.1) is 4.90 Å². The van der Waals surface area contributed by atoms with Gasteiger partial charge in [-0.2, -0.15) is 0 Å². The van der Waals surface area contributed by atoms with Crippen molar-refractivity contribution in [3.05, 3.63) is 76.6 Å². The van der Waals surface area contributed by atoms with E-state index >= 15 is 0 Å². The van der Waals surface area contributed by atoms with E-state index in [1.807, 2.05) is 6.07 Å². The van der Waals surface area contributed by atoms with E-state index in [0.29, 0.717) is 42.5 Å². The smallest absolute Gasteiger partial charge is 0.336 e. The molecule has 1 aliphatic heterocycles. The van der Waals surface area contributed by atoms with Crippen molar-refractivity contribution in [2.45, 2.75) is 23.8 Å². The molecule has 0 bridgehead atoms. The lowest BCUT2D eigenvalue weighted by atomic mass is 10.1. The van der Waals surface area contributed by atoms with Crippen LogP contribution in [0.5, 0.6) is 0 Å². The van der Waals surface area contributed by atoms with E-state index in [1.54, 1.807) is 29.2 Å². The van der Waals surface area contributed by atoms with Crippen LogP contribution in [-0.4, -0.2) is 38.4 Å². The SMILES string of the molecule is O=C(c1ccccc1)N1CCCC(NS(=O)(=O)c2ccc3oc(=O)ccc3c2)C1. The molecule has 1 aromatic heterocycles. The molecule has 3 aromatic rings. The van der Waals surface area contributed by atoms with Gasteiger partial charge in [0.25, 0.3) is 5.91 Å². The Labute approximate surface area is 168 Å². The molecule has 2 heterocycles. The molecule has 1 aliphatic rings. The van der Waals surface area contributed by atoms with Gasteiger partial charge in [0.2, 0.25) is 10.0 Å². The molecule has 1 N–H and O–H groups in total. The summed E-state index contributed by atoms with van der Waals surface area (Å²) in [5.74, 6) is -0.102. The Balaban J connectivity index is 1.51. The maximum absolute atomic E-state index is 12.9. The van der Waals surface area contributed by atoms with Crippen LogP contribution in [0.1, 0.15) is 23.2 Å². The minimum atomic E-state index is -3.78. The molecule has 1 saturated heterocycles. The Kier molecular flexibility index (Phi) is 5.21. The summed E-state index contributed by atoms with van der Waals surface area (Å²) < 4.78 is 33.5. The fourth-order valence-electron chi connectivity index (χ4n) is 3.53. The van der Waals surface area contributed by atoms with Gasteiger partial charge in [0, 0.05) is 36.1 Å². The Morgan fingerprint density at radius 1 is 1.07 bits per heavy atom. The third kappa shape index (κ3) is 4.23. The lowest BCUT2D eigenvalue weighted by Gasteiger charge is -2.33. The number of benzene rings is 2. The Morgan fingerprint density at radius 3 is 2.66 bits per heavy atom. The molecule has 2 aromatic carbocycles. The van der Waals surface area contributed by atoms with Crippen LogP contribution in [0.25, 0.3) is 11.0 Å². The van der Waals surface area contributed by atoms with Crippen molar-refractivity contribution in [2.75, 3.05) is 13.1 Å². The number of fused-ring (bicyclic) bond motifs is 1. The van der Waals surface area contributed by atoms with Crippen molar-refractivity contribution in [3.63, 3.8) is 0 Å². The summed E-state index contributed by atoms with van der Waals surface area (Å²) in [6.07, 6.45) is 1.37. The summed E-state index contributed by atoms with van der Waals surface area (Å²) in [5, 5.41) is 0.525. The third-order valence-corrected chi connectivity index (χ3v) is 6.47. The van der Waals surface area contributed by atoms with Crippen molar-refractivity contribution in [1.29, 1.82) is 0 Å². The van der Waals surface area contributed by atoms with E-state index < -0.39 is 15.6 Å². The number of hydrogen-bond donors (Lipinski definition) is 1. The van der Waals surface area contributed by atoms with Gasteiger partial charge in [-0.1, -0.05) is 18.2 Å². The van der Waals surface area contributed by atoms with Gasteiger partial charge in [-0.05, 0) is 49.2 Å². The highest BCUT2D eigenvalue weighted by Gasteiger charge is 2.28. The fourth-order valence-corrected chi connectivity index (χ4v) is 4.82. The predicted octanol–water partition coefficient (Wildman–Crippen LogP) is 2.38. The molecule has 1 fully saturated rings. The first-order chi connectivity index (χ1) is 13.9. The number of nitrogens with one attached hydrogen (secondary N) is 1. The summed E-state index contributed by atoms with van der Waals surface area (Å²) in [6.45, 7) is 0.913. The summed E-state index contributed by atoms with van der Waals surface area (Å²) in [7, 11) is -3.78. The average molecular weight is 412 g/mol. The van der Waals surface area contributed by atoms with Gasteiger partial charge in [0.1, 0.15) is 5.58 Å². The van der Waals surface area contributed by atoms with Crippen LogP contribution >= 0.6 is 0 Å². The lowest BCUT2D eigenvalue weighted by Crippen LogP contribution is -2.49. The van der Waals surface area contributed by atoms with Gasteiger partial charge < -0.3 is 9.32 Å².